The van der Waals surface area contributed by atoms with Crippen LogP contribution in [0.1, 0.15) is 111 Å². The van der Waals surface area contributed by atoms with E-state index >= 15 is 0 Å². The highest BCUT2D eigenvalue weighted by Gasteiger charge is 2.36. The number of rotatable bonds is 20. The van der Waals surface area contributed by atoms with Crippen molar-refractivity contribution in [2.75, 3.05) is 19.7 Å². The van der Waals surface area contributed by atoms with Crippen molar-refractivity contribution in [2.24, 2.45) is 0 Å². The minimum absolute atomic E-state index is 0.227. The smallest absolute Gasteiger partial charge is 0.192 e. The Balaban J connectivity index is 3.42. The molecular formula is C26H55NO2Si. The monoisotopic (exact) mass is 441 g/mol. The molecule has 0 aromatic carbocycles. The van der Waals surface area contributed by atoms with E-state index in [-0.39, 0.29) is 11.1 Å². The summed E-state index contributed by atoms with van der Waals surface area (Å²) in [5, 5.41) is 13.7. The van der Waals surface area contributed by atoms with E-state index in [4.69, 9.17) is 4.43 Å². The molecule has 30 heavy (non-hydrogen) atoms. The van der Waals surface area contributed by atoms with Crippen LogP contribution in [-0.4, -0.2) is 39.2 Å². The van der Waals surface area contributed by atoms with E-state index < -0.39 is 8.32 Å². The third-order valence-electron chi connectivity index (χ3n) is 6.48. The molecule has 0 saturated carbocycles. The van der Waals surface area contributed by atoms with Gasteiger partial charge in [-0.15, -0.1) is 0 Å². The molecule has 4 heteroatoms. The number of aliphatic hydroxyl groups is 1. The van der Waals surface area contributed by atoms with Crippen LogP contribution in [0.3, 0.4) is 0 Å². The Kier molecular flexibility index (Phi) is 18.3. The lowest BCUT2D eigenvalue weighted by molar-refractivity contribution is 0.155. The van der Waals surface area contributed by atoms with Crippen molar-refractivity contribution >= 4 is 8.32 Å². The fourth-order valence-corrected chi connectivity index (χ4v) is 4.28. The molecule has 0 spiro atoms. The second-order valence-corrected chi connectivity index (χ2v) is 15.3. The lowest BCUT2D eigenvalue weighted by Gasteiger charge is -2.36. The molecule has 1 atom stereocenters. The van der Waals surface area contributed by atoms with Crippen molar-refractivity contribution in [1.29, 1.82) is 0 Å². The summed E-state index contributed by atoms with van der Waals surface area (Å²) in [6.45, 7) is 15.9. The topological polar surface area (TPSA) is 41.5 Å². The Hall–Kier alpha value is -0.163. The number of allylic oxidation sites excluding steroid dienone is 2. The van der Waals surface area contributed by atoms with Crippen LogP contribution in [0.5, 0.6) is 0 Å². The quantitative estimate of drug-likeness (QED) is 0.116. The average Bonchev–Trinajstić information content (AvgIpc) is 2.67. The van der Waals surface area contributed by atoms with Gasteiger partial charge in [-0.25, -0.2) is 0 Å². The van der Waals surface area contributed by atoms with E-state index in [2.05, 4.69) is 58.3 Å². The van der Waals surface area contributed by atoms with Crippen molar-refractivity contribution in [3.8, 4) is 0 Å². The van der Waals surface area contributed by atoms with Gasteiger partial charge in [0.15, 0.2) is 8.32 Å². The standard InChI is InChI=1S/C26H55NO2Si/c1-7-8-9-10-11-12-13-14-15-16-17-18-19-20-21-25(28)24-27-22-23-29-30(5,6)26(2,3)4/h14-15,25,27-28H,7-13,16-24H2,1-6H3/b15-14-. The molecule has 3 nitrogen and oxygen atoms in total. The van der Waals surface area contributed by atoms with Crippen LogP contribution in [0.2, 0.25) is 18.1 Å². The molecule has 0 heterocycles. The van der Waals surface area contributed by atoms with Crippen molar-refractivity contribution < 1.29 is 9.53 Å². The van der Waals surface area contributed by atoms with Gasteiger partial charge >= 0.3 is 0 Å². The highest BCUT2D eigenvalue weighted by molar-refractivity contribution is 6.74. The Morgan fingerprint density at radius 2 is 1.40 bits per heavy atom. The molecule has 0 aliphatic rings. The molecule has 0 saturated heterocycles. The van der Waals surface area contributed by atoms with Crippen molar-refractivity contribution in [2.45, 2.75) is 135 Å². The predicted molar refractivity (Wildman–Crippen MR) is 137 cm³/mol. The van der Waals surface area contributed by atoms with Gasteiger partial charge in [-0.2, -0.15) is 0 Å². The summed E-state index contributed by atoms with van der Waals surface area (Å²) in [5.74, 6) is 0. The van der Waals surface area contributed by atoms with Gasteiger partial charge in [0.25, 0.3) is 0 Å². The summed E-state index contributed by atoms with van der Waals surface area (Å²) >= 11 is 0. The van der Waals surface area contributed by atoms with Crippen LogP contribution < -0.4 is 5.32 Å². The van der Waals surface area contributed by atoms with Crippen LogP contribution in [0.4, 0.5) is 0 Å². The number of unbranched alkanes of at least 4 members (excludes halogenated alkanes) is 10. The van der Waals surface area contributed by atoms with Crippen LogP contribution in [0.25, 0.3) is 0 Å². The molecule has 2 N–H and O–H groups in total. The molecule has 1 unspecified atom stereocenters. The Labute approximate surface area is 190 Å². The van der Waals surface area contributed by atoms with Crippen molar-refractivity contribution in [3.63, 3.8) is 0 Å². The normalized spacial score (nSPS) is 14.0. The predicted octanol–water partition coefficient (Wildman–Crippen LogP) is 7.61. The van der Waals surface area contributed by atoms with Crippen LogP contribution >= 0.6 is 0 Å². The van der Waals surface area contributed by atoms with Gasteiger partial charge in [0.1, 0.15) is 0 Å². The largest absolute Gasteiger partial charge is 0.416 e. The molecule has 0 aliphatic carbocycles. The summed E-state index contributed by atoms with van der Waals surface area (Å²) in [6.07, 6.45) is 21.1. The Bertz CT molecular complexity index is 404. The minimum atomic E-state index is -1.64. The highest BCUT2D eigenvalue weighted by atomic mass is 28.4. The first kappa shape index (κ1) is 29.8. The van der Waals surface area contributed by atoms with Gasteiger partial charge in [-0.3, -0.25) is 0 Å². The zero-order valence-electron chi connectivity index (χ0n) is 21.4. The molecule has 0 amide bonds. The lowest BCUT2D eigenvalue weighted by atomic mass is 10.1. The lowest BCUT2D eigenvalue weighted by Crippen LogP contribution is -2.42. The summed E-state index contributed by atoms with van der Waals surface area (Å²) in [5.41, 5.74) is 0. The SMILES string of the molecule is CCCCCCCC/C=C\CCCCCCC(O)CNCCO[Si](C)(C)C(C)(C)C. The summed E-state index contributed by atoms with van der Waals surface area (Å²) < 4.78 is 6.15. The number of hydrogen-bond donors (Lipinski definition) is 2. The summed E-state index contributed by atoms with van der Waals surface area (Å²) in [4.78, 5) is 0. The van der Waals surface area contributed by atoms with Crippen molar-refractivity contribution in [3.05, 3.63) is 12.2 Å². The first-order valence-corrected chi connectivity index (χ1v) is 15.8. The fraction of sp³-hybridized carbons (Fsp3) is 0.923. The van der Waals surface area contributed by atoms with E-state index in [1.165, 1.54) is 70.6 Å². The van der Waals surface area contributed by atoms with Gasteiger partial charge in [0, 0.05) is 19.7 Å². The third kappa shape index (κ3) is 17.5. The van der Waals surface area contributed by atoms with Gasteiger partial charge in [-0.1, -0.05) is 91.2 Å². The van der Waals surface area contributed by atoms with Crippen LogP contribution in [0, 0.1) is 0 Å². The molecule has 0 fully saturated rings. The van der Waals surface area contributed by atoms with E-state index in [1.54, 1.807) is 0 Å². The molecule has 180 valence electrons. The maximum atomic E-state index is 10.1. The number of nitrogens with one attached hydrogen (secondary N) is 1. The van der Waals surface area contributed by atoms with Crippen LogP contribution in [-0.2, 0) is 4.43 Å². The molecule has 0 aliphatic heterocycles. The molecule has 0 aromatic heterocycles. The minimum Gasteiger partial charge on any atom is -0.416 e. The van der Waals surface area contributed by atoms with Gasteiger partial charge in [0.05, 0.1) is 6.10 Å². The van der Waals surface area contributed by atoms with E-state index in [9.17, 15) is 5.11 Å². The maximum absolute atomic E-state index is 10.1. The number of aliphatic hydroxyl groups excluding tert-OH is 1. The zero-order chi connectivity index (χ0) is 22.7. The maximum Gasteiger partial charge on any atom is 0.192 e. The molecular weight excluding hydrogens is 386 g/mol. The Morgan fingerprint density at radius 3 is 1.97 bits per heavy atom. The first-order chi connectivity index (χ1) is 14.2. The van der Waals surface area contributed by atoms with Crippen molar-refractivity contribution in [1.82, 2.24) is 5.32 Å². The second kappa shape index (κ2) is 18.4. The fourth-order valence-electron chi connectivity index (χ4n) is 3.24. The zero-order valence-corrected chi connectivity index (χ0v) is 22.4. The van der Waals surface area contributed by atoms with E-state index in [1.807, 2.05) is 0 Å². The summed E-state index contributed by atoms with van der Waals surface area (Å²) in [6, 6.07) is 0. The van der Waals surface area contributed by atoms with Crippen LogP contribution in [0.15, 0.2) is 12.2 Å². The molecule has 0 radical (unpaired) electrons. The van der Waals surface area contributed by atoms with Gasteiger partial charge in [0.2, 0.25) is 0 Å². The second-order valence-electron chi connectivity index (χ2n) is 10.5. The van der Waals surface area contributed by atoms with E-state index in [0.29, 0.717) is 6.54 Å². The van der Waals surface area contributed by atoms with E-state index in [0.717, 1.165) is 26.0 Å². The number of hydrogen-bond acceptors (Lipinski definition) is 3. The third-order valence-corrected chi connectivity index (χ3v) is 11.0. The molecule has 0 aromatic rings. The average molecular weight is 442 g/mol. The molecule has 0 rings (SSSR count). The molecule has 0 bridgehead atoms. The Morgan fingerprint density at radius 1 is 0.867 bits per heavy atom. The van der Waals surface area contributed by atoms with Gasteiger partial charge in [-0.05, 0) is 50.2 Å². The van der Waals surface area contributed by atoms with Gasteiger partial charge < -0.3 is 14.8 Å². The summed E-state index contributed by atoms with van der Waals surface area (Å²) in [7, 11) is -1.64. The first-order valence-electron chi connectivity index (χ1n) is 12.9. The highest BCUT2D eigenvalue weighted by Crippen LogP contribution is 2.36.